The SMILES string of the molecule is NCc1cccc(N2CCCC(CCO)C2)c1. The van der Waals surface area contributed by atoms with E-state index >= 15 is 0 Å². The van der Waals surface area contributed by atoms with Gasteiger partial charge >= 0.3 is 0 Å². The predicted octanol–water partition coefficient (Wildman–Crippen LogP) is 1.74. The van der Waals surface area contributed by atoms with Crippen LogP contribution in [0.4, 0.5) is 5.69 Å². The summed E-state index contributed by atoms with van der Waals surface area (Å²) in [6, 6.07) is 8.48. The Kier molecular flexibility index (Phi) is 4.40. The number of nitrogens with two attached hydrogens (primary N) is 1. The number of benzene rings is 1. The lowest BCUT2D eigenvalue weighted by Gasteiger charge is -2.34. The molecule has 94 valence electrons. The number of piperidine rings is 1. The molecule has 0 radical (unpaired) electrons. The minimum atomic E-state index is 0.307. The van der Waals surface area contributed by atoms with Crippen LogP contribution < -0.4 is 10.6 Å². The second kappa shape index (κ2) is 6.03. The molecule has 1 atom stereocenters. The maximum absolute atomic E-state index is 9.02. The van der Waals surface area contributed by atoms with Crippen LogP contribution in [0.3, 0.4) is 0 Å². The first-order chi connectivity index (χ1) is 8.33. The van der Waals surface area contributed by atoms with Crippen molar-refractivity contribution in [2.24, 2.45) is 11.7 Å². The molecule has 1 unspecified atom stereocenters. The second-order valence-electron chi connectivity index (χ2n) is 4.84. The first-order valence-electron chi connectivity index (χ1n) is 6.48. The van der Waals surface area contributed by atoms with Gasteiger partial charge in [0, 0.05) is 31.9 Å². The minimum absolute atomic E-state index is 0.307. The van der Waals surface area contributed by atoms with Gasteiger partial charge in [-0.05, 0) is 42.9 Å². The molecule has 1 saturated heterocycles. The zero-order valence-electron chi connectivity index (χ0n) is 10.3. The molecule has 1 heterocycles. The van der Waals surface area contributed by atoms with Crippen LogP contribution in [0.5, 0.6) is 0 Å². The highest BCUT2D eigenvalue weighted by Gasteiger charge is 2.19. The lowest BCUT2D eigenvalue weighted by atomic mass is 9.94. The van der Waals surface area contributed by atoms with E-state index in [4.69, 9.17) is 10.8 Å². The summed E-state index contributed by atoms with van der Waals surface area (Å²) in [5, 5.41) is 9.02. The monoisotopic (exact) mass is 234 g/mol. The highest BCUT2D eigenvalue weighted by molar-refractivity contribution is 5.49. The lowest BCUT2D eigenvalue weighted by Crippen LogP contribution is -2.35. The molecule has 0 aliphatic carbocycles. The lowest BCUT2D eigenvalue weighted by molar-refractivity contribution is 0.244. The third-order valence-corrected chi connectivity index (χ3v) is 3.57. The third-order valence-electron chi connectivity index (χ3n) is 3.57. The summed E-state index contributed by atoms with van der Waals surface area (Å²) >= 11 is 0. The fourth-order valence-electron chi connectivity index (χ4n) is 2.60. The second-order valence-corrected chi connectivity index (χ2v) is 4.84. The standard InChI is InChI=1S/C14H22N2O/c15-10-13-3-1-5-14(9-13)16-7-2-4-12(11-16)6-8-17/h1,3,5,9,12,17H,2,4,6-8,10-11,15H2. The van der Waals surface area contributed by atoms with Crippen LogP contribution in [-0.2, 0) is 6.54 Å². The van der Waals surface area contributed by atoms with Gasteiger partial charge in [-0.3, -0.25) is 0 Å². The van der Waals surface area contributed by atoms with E-state index in [-0.39, 0.29) is 0 Å². The minimum Gasteiger partial charge on any atom is -0.396 e. The number of aliphatic hydroxyl groups excluding tert-OH is 1. The van der Waals surface area contributed by atoms with Crippen LogP contribution in [0, 0.1) is 5.92 Å². The number of rotatable bonds is 4. The summed E-state index contributed by atoms with van der Waals surface area (Å²) in [6.07, 6.45) is 3.39. The zero-order chi connectivity index (χ0) is 12.1. The largest absolute Gasteiger partial charge is 0.396 e. The van der Waals surface area contributed by atoms with E-state index in [9.17, 15) is 0 Å². The molecule has 0 spiro atoms. The molecule has 2 rings (SSSR count). The summed E-state index contributed by atoms with van der Waals surface area (Å²) in [5.74, 6) is 0.635. The zero-order valence-corrected chi connectivity index (χ0v) is 10.3. The molecule has 0 amide bonds. The van der Waals surface area contributed by atoms with Crippen LogP contribution in [0.25, 0.3) is 0 Å². The Morgan fingerprint density at radius 2 is 2.29 bits per heavy atom. The summed E-state index contributed by atoms with van der Waals surface area (Å²) in [7, 11) is 0. The van der Waals surface area contributed by atoms with Crippen molar-refractivity contribution in [2.45, 2.75) is 25.8 Å². The van der Waals surface area contributed by atoms with Crippen LogP contribution >= 0.6 is 0 Å². The molecule has 0 aromatic heterocycles. The van der Waals surface area contributed by atoms with Crippen molar-refractivity contribution in [1.82, 2.24) is 0 Å². The Hall–Kier alpha value is -1.06. The third kappa shape index (κ3) is 3.20. The van der Waals surface area contributed by atoms with Crippen molar-refractivity contribution >= 4 is 5.69 Å². The Balaban J connectivity index is 2.05. The fourth-order valence-corrected chi connectivity index (χ4v) is 2.60. The molecule has 17 heavy (non-hydrogen) atoms. The molecule has 0 saturated carbocycles. The number of hydrogen-bond acceptors (Lipinski definition) is 3. The maximum atomic E-state index is 9.02. The number of nitrogens with zero attached hydrogens (tertiary/aromatic N) is 1. The van der Waals surface area contributed by atoms with Crippen LogP contribution in [0.2, 0.25) is 0 Å². The Morgan fingerprint density at radius 1 is 1.41 bits per heavy atom. The van der Waals surface area contributed by atoms with Gasteiger partial charge in [0.15, 0.2) is 0 Å². The molecule has 1 aromatic rings. The van der Waals surface area contributed by atoms with E-state index in [0.717, 1.165) is 19.5 Å². The molecule has 3 nitrogen and oxygen atoms in total. The van der Waals surface area contributed by atoms with Gasteiger partial charge in [0.25, 0.3) is 0 Å². The molecule has 3 heteroatoms. The molecule has 1 aliphatic rings. The van der Waals surface area contributed by atoms with Gasteiger partial charge in [0.2, 0.25) is 0 Å². The van der Waals surface area contributed by atoms with Gasteiger partial charge in [0.1, 0.15) is 0 Å². The predicted molar refractivity (Wildman–Crippen MR) is 71.0 cm³/mol. The van der Waals surface area contributed by atoms with Gasteiger partial charge in [-0.15, -0.1) is 0 Å². The van der Waals surface area contributed by atoms with E-state index in [0.29, 0.717) is 19.1 Å². The maximum Gasteiger partial charge on any atom is 0.0434 e. The van der Waals surface area contributed by atoms with E-state index in [2.05, 4.69) is 29.2 Å². The van der Waals surface area contributed by atoms with Gasteiger partial charge in [-0.25, -0.2) is 0 Å². The average Bonchev–Trinajstić information content (AvgIpc) is 2.40. The van der Waals surface area contributed by atoms with E-state index in [1.807, 2.05) is 0 Å². The van der Waals surface area contributed by atoms with Crippen molar-refractivity contribution in [3.63, 3.8) is 0 Å². The van der Waals surface area contributed by atoms with Crippen molar-refractivity contribution in [3.8, 4) is 0 Å². The number of aliphatic hydroxyl groups is 1. The van der Waals surface area contributed by atoms with E-state index in [1.165, 1.54) is 24.1 Å². The first kappa shape index (κ1) is 12.4. The fraction of sp³-hybridized carbons (Fsp3) is 0.571. The highest BCUT2D eigenvalue weighted by Crippen LogP contribution is 2.25. The summed E-state index contributed by atoms with van der Waals surface area (Å²) < 4.78 is 0. The Morgan fingerprint density at radius 3 is 3.06 bits per heavy atom. The van der Waals surface area contributed by atoms with E-state index < -0.39 is 0 Å². The van der Waals surface area contributed by atoms with Gasteiger partial charge in [0.05, 0.1) is 0 Å². The van der Waals surface area contributed by atoms with Gasteiger partial charge in [-0.2, -0.15) is 0 Å². The molecular weight excluding hydrogens is 212 g/mol. The molecule has 0 bridgehead atoms. The van der Waals surface area contributed by atoms with Gasteiger partial charge in [-0.1, -0.05) is 12.1 Å². The topological polar surface area (TPSA) is 49.5 Å². The Bertz CT molecular complexity index is 352. The first-order valence-corrected chi connectivity index (χ1v) is 6.48. The van der Waals surface area contributed by atoms with Crippen molar-refractivity contribution in [1.29, 1.82) is 0 Å². The van der Waals surface area contributed by atoms with Crippen molar-refractivity contribution < 1.29 is 5.11 Å². The highest BCUT2D eigenvalue weighted by atomic mass is 16.3. The molecule has 1 aliphatic heterocycles. The van der Waals surface area contributed by atoms with E-state index in [1.54, 1.807) is 0 Å². The molecule has 1 fully saturated rings. The smallest absolute Gasteiger partial charge is 0.0434 e. The van der Waals surface area contributed by atoms with Crippen LogP contribution in [-0.4, -0.2) is 24.8 Å². The van der Waals surface area contributed by atoms with Gasteiger partial charge < -0.3 is 15.7 Å². The number of anilines is 1. The number of hydrogen-bond donors (Lipinski definition) is 2. The summed E-state index contributed by atoms with van der Waals surface area (Å²) in [5.41, 5.74) is 8.13. The van der Waals surface area contributed by atoms with Crippen molar-refractivity contribution in [2.75, 3.05) is 24.6 Å². The van der Waals surface area contributed by atoms with Crippen LogP contribution in [0.1, 0.15) is 24.8 Å². The summed E-state index contributed by atoms with van der Waals surface area (Å²) in [4.78, 5) is 2.42. The molecular formula is C14H22N2O. The molecule has 1 aromatic carbocycles. The van der Waals surface area contributed by atoms with Crippen LogP contribution in [0.15, 0.2) is 24.3 Å². The van der Waals surface area contributed by atoms with Crippen molar-refractivity contribution in [3.05, 3.63) is 29.8 Å². The normalized spacial score (nSPS) is 20.6. The quantitative estimate of drug-likeness (QED) is 0.834. The Labute approximate surface area is 103 Å². The average molecular weight is 234 g/mol. The molecule has 3 N–H and O–H groups in total. The summed E-state index contributed by atoms with van der Waals surface area (Å²) in [6.45, 7) is 3.09.